The van der Waals surface area contributed by atoms with Crippen molar-refractivity contribution in [3.63, 3.8) is 0 Å². The second-order valence-corrected chi connectivity index (χ2v) is 8.82. The van der Waals surface area contributed by atoms with Gasteiger partial charge in [0.05, 0.1) is 0 Å². The third kappa shape index (κ3) is 6.08. The standard InChI is InChI=1S/C26H26N2O4S/c1-2-3-9-24(29)27-19-10-13-21(14-11-19)33-25(18-7-5-4-6-8-18)26(30)28-20-12-15-22-23(16-20)32-17-31-22/h4-8,10-16,25H,2-3,9,17H2,1H3,(H,27,29)(H,28,30). The number of anilines is 2. The Hall–Kier alpha value is -3.45. The molecule has 1 atom stereocenters. The van der Waals surface area contributed by atoms with Crippen LogP contribution in [-0.4, -0.2) is 18.6 Å². The Bertz CT molecular complexity index is 1100. The maximum absolute atomic E-state index is 13.3. The number of carbonyl (C=O) groups excluding carboxylic acids is 2. The predicted molar refractivity (Wildman–Crippen MR) is 131 cm³/mol. The first-order chi connectivity index (χ1) is 16.1. The summed E-state index contributed by atoms with van der Waals surface area (Å²) in [4.78, 5) is 26.2. The van der Waals surface area contributed by atoms with Gasteiger partial charge in [0, 0.05) is 28.8 Å². The molecule has 7 heteroatoms. The van der Waals surface area contributed by atoms with Gasteiger partial charge in [-0.2, -0.15) is 0 Å². The van der Waals surface area contributed by atoms with Crippen LogP contribution in [0.1, 0.15) is 37.0 Å². The lowest BCUT2D eigenvalue weighted by Gasteiger charge is -2.17. The van der Waals surface area contributed by atoms with Crippen LogP contribution in [0.15, 0.2) is 77.7 Å². The smallest absolute Gasteiger partial charge is 0.242 e. The minimum Gasteiger partial charge on any atom is -0.454 e. The molecule has 0 saturated carbocycles. The van der Waals surface area contributed by atoms with Gasteiger partial charge in [-0.3, -0.25) is 9.59 Å². The summed E-state index contributed by atoms with van der Waals surface area (Å²) >= 11 is 1.46. The van der Waals surface area contributed by atoms with Gasteiger partial charge < -0.3 is 20.1 Å². The Morgan fingerprint density at radius 2 is 1.64 bits per heavy atom. The van der Waals surface area contributed by atoms with Gasteiger partial charge in [0.25, 0.3) is 0 Å². The molecule has 33 heavy (non-hydrogen) atoms. The van der Waals surface area contributed by atoms with Gasteiger partial charge in [-0.15, -0.1) is 11.8 Å². The molecule has 0 saturated heterocycles. The van der Waals surface area contributed by atoms with Crippen molar-refractivity contribution < 1.29 is 19.1 Å². The molecule has 0 bridgehead atoms. The number of ether oxygens (including phenoxy) is 2. The van der Waals surface area contributed by atoms with Crippen LogP contribution < -0.4 is 20.1 Å². The highest BCUT2D eigenvalue weighted by Crippen LogP contribution is 2.38. The molecule has 170 valence electrons. The molecule has 0 spiro atoms. The molecule has 3 aromatic carbocycles. The van der Waals surface area contributed by atoms with E-state index in [4.69, 9.17) is 9.47 Å². The third-order valence-electron chi connectivity index (χ3n) is 5.13. The number of nitrogens with one attached hydrogen (secondary N) is 2. The predicted octanol–water partition coefficient (Wildman–Crippen LogP) is 6.02. The average Bonchev–Trinajstić information content (AvgIpc) is 3.30. The molecule has 0 fully saturated rings. The molecule has 3 aromatic rings. The molecule has 2 N–H and O–H groups in total. The first-order valence-corrected chi connectivity index (χ1v) is 11.8. The zero-order valence-electron chi connectivity index (χ0n) is 18.4. The quantitative estimate of drug-likeness (QED) is 0.381. The minimum absolute atomic E-state index is 0.0162. The highest BCUT2D eigenvalue weighted by Gasteiger charge is 2.23. The van der Waals surface area contributed by atoms with Crippen molar-refractivity contribution in [2.24, 2.45) is 0 Å². The van der Waals surface area contributed by atoms with Crippen LogP contribution in [0.5, 0.6) is 11.5 Å². The van der Waals surface area contributed by atoms with E-state index in [2.05, 4.69) is 17.6 Å². The Labute approximate surface area is 197 Å². The van der Waals surface area contributed by atoms with Crippen molar-refractivity contribution in [2.45, 2.75) is 36.3 Å². The second kappa shape index (κ2) is 10.9. The number of benzene rings is 3. The van der Waals surface area contributed by atoms with E-state index in [0.29, 0.717) is 23.6 Å². The lowest BCUT2D eigenvalue weighted by atomic mass is 10.1. The monoisotopic (exact) mass is 462 g/mol. The van der Waals surface area contributed by atoms with E-state index >= 15 is 0 Å². The van der Waals surface area contributed by atoms with E-state index in [1.165, 1.54) is 11.8 Å². The van der Waals surface area contributed by atoms with Gasteiger partial charge in [-0.05, 0) is 48.4 Å². The summed E-state index contributed by atoms with van der Waals surface area (Å²) in [6.45, 7) is 2.25. The van der Waals surface area contributed by atoms with Crippen molar-refractivity contribution in [3.05, 3.63) is 78.4 Å². The van der Waals surface area contributed by atoms with Crippen molar-refractivity contribution in [1.82, 2.24) is 0 Å². The van der Waals surface area contributed by atoms with E-state index in [0.717, 1.165) is 29.0 Å². The number of hydrogen-bond donors (Lipinski definition) is 2. The molecule has 1 aliphatic rings. The number of unbranched alkanes of at least 4 members (excludes halogenated alkanes) is 1. The van der Waals surface area contributed by atoms with Crippen LogP contribution in [0.3, 0.4) is 0 Å². The van der Waals surface area contributed by atoms with E-state index in [1.54, 1.807) is 18.2 Å². The Morgan fingerprint density at radius 3 is 2.39 bits per heavy atom. The van der Waals surface area contributed by atoms with E-state index < -0.39 is 5.25 Å². The summed E-state index contributed by atoms with van der Waals surface area (Å²) < 4.78 is 10.8. The third-order valence-corrected chi connectivity index (χ3v) is 6.40. The highest BCUT2D eigenvalue weighted by atomic mass is 32.2. The largest absolute Gasteiger partial charge is 0.454 e. The molecule has 1 heterocycles. The fraction of sp³-hybridized carbons (Fsp3) is 0.231. The van der Waals surface area contributed by atoms with Gasteiger partial charge in [0.15, 0.2) is 11.5 Å². The molecule has 1 aliphatic heterocycles. The number of thioether (sulfide) groups is 1. The van der Waals surface area contributed by atoms with Crippen molar-refractivity contribution in [2.75, 3.05) is 17.4 Å². The van der Waals surface area contributed by atoms with Crippen LogP contribution in [0.2, 0.25) is 0 Å². The summed E-state index contributed by atoms with van der Waals surface area (Å²) in [5, 5.41) is 5.45. The zero-order chi connectivity index (χ0) is 23.0. The van der Waals surface area contributed by atoms with Crippen molar-refractivity contribution >= 4 is 35.0 Å². The van der Waals surface area contributed by atoms with Gasteiger partial charge in [0.2, 0.25) is 18.6 Å². The van der Waals surface area contributed by atoms with Gasteiger partial charge >= 0.3 is 0 Å². The fourth-order valence-corrected chi connectivity index (χ4v) is 4.42. The van der Waals surface area contributed by atoms with Crippen LogP contribution in [-0.2, 0) is 9.59 Å². The molecule has 0 aromatic heterocycles. The number of carbonyl (C=O) groups is 2. The molecule has 2 amide bonds. The number of amides is 2. The molecular formula is C26H26N2O4S. The fourth-order valence-electron chi connectivity index (χ4n) is 3.40. The Kier molecular flexibility index (Phi) is 7.52. The molecule has 1 unspecified atom stereocenters. The number of rotatable bonds is 9. The molecule has 0 aliphatic carbocycles. The number of fused-ring (bicyclic) bond motifs is 1. The minimum atomic E-state index is -0.457. The summed E-state index contributed by atoms with van der Waals surface area (Å²) in [6, 6.07) is 22.6. The highest BCUT2D eigenvalue weighted by molar-refractivity contribution is 8.00. The summed E-state index contributed by atoms with van der Waals surface area (Å²) in [5.74, 6) is 1.17. The molecule has 0 radical (unpaired) electrons. The lowest BCUT2D eigenvalue weighted by molar-refractivity contribution is -0.116. The second-order valence-electron chi connectivity index (χ2n) is 7.64. The summed E-state index contributed by atoms with van der Waals surface area (Å²) in [6.07, 6.45) is 2.37. The zero-order valence-corrected chi connectivity index (χ0v) is 19.2. The van der Waals surface area contributed by atoms with Gasteiger partial charge in [-0.1, -0.05) is 43.7 Å². The molecule has 6 nitrogen and oxygen atoms in total. The van der Waals surface area contributed by atoms with Gasteiger partial charge in [0.1, 0.15) is 5.25 Å². The Morgan fingerprint density at radius 1 is 0.909 bits per heavy atom. The van der Waals surface area contributed by atoms with E-state index in [1.807, 2.05) is 54.6 Å². The molecular weight excluding hydrogens is 436 g/mol. The van der Waals surface area contributed by atoms with E-state index in [9.17, 15) is 9.59 Å². The van der Waals surface area contributed by atoms with Crippen LogP contribution in [0.4, 0.5) is 11.4 Å². The van der Waals surface area contributed by atoms with Crippen molar-refractivity contribution in [1.29, 1.82) is 0 Å². The van der Waals surface area contributed by atoms with Crippen LogP contribution in [0, 0.1) is 0 Å². The first kappa shape index (κ1) is 22.7. The maximum atomic E-state index is 13.3. The van der Waals surface area contributed by atoms with E-state index in [-0.39, 0.29) is 18.6 Å². The van der Waals surface area contributed by atoms with Gasteiger partial charge in [-0.25, -0.2) is 0 Å². The number of hydrogen-bond acceptors (Lipinski definition) is 5. The molecule has 4 rings (SSSR count). The first-order valence-electron chi connectivity index (χ1n) is 10.9. The van der Waals surface area contributed by atoms with Crippen molar-refractivity contribution in [3.8, 4) is 11.5 Å². The Balaban J connectivity index is 1.47. The average molecular weight is 463 g/mol. The lowest BCUT2D eigenvalue weighted by Crippen LogP contribution is -2.19. The van der Waals surface area contributed by atoms with Crippen LogP contribution in [0.25, 0.3) is 0 Å². The topological polar surface area (TPSA) is 76.7 Å². The SMILES string of the molecule is CCCCC(=O)Nc1ccc(SC(C(=O)Nc2ccc3c(c2)OCO3)c2ccccc2)cc1. The summed E-state index contributed by atoms with van der Waals surface area (Å²) in [7, 11) is 0. The van der Waals surface area contributed by atoms with Crippen LogP contribution >= 0.6 is 11.8 Å². The normalized spacial score (nSPS) is 12.8. The maximum Gasteiger partial charge on any atom is 0.242 e. The summed E-state index contributed by atoms with van der Waals surface area (Å²) in [5.41, 5.74) is 2.30.